The molecule has 1 N–H and O–H groups in total. The van der Waals surface area contributed by atoms with Gasteiger partial charge in [0.1, 0.15) is 0 Å². The lowest BCUT2D eigenvalue weighted by atomic mass is 10.1. The number of amides is 1. The summed E-state index contributed by atoms with van der Waals surface area (Å²) < 4.78 is 0. The molecular formula is C9H19NO2. The minimum absolute atomic E-state index is 0.403. The topological polar surface area (TPSA) is 40.5 Å². The highest BCUT2D eigenvalue weighted by Gasteiger charge is 2.13. The lowest BCUT2D eigenvalue weighted by Gasteiger charge is -2.22. The van der Waals surface area contributed by atoms with Crippen molar-refractivity contribution in [3.8, 4) is 0 Å². The Morgan fingerprint density at radius 1 is 1.17 bits per heavy atom. The fourth-order valence-corrected chi connectivity index (χ4v) is 1.11. The van der Waals surface area contributed by atoms with E-state index < -0.39 is 6.09 Å². The van der Waals surface area contributed by atoms with Gasteiger partial charge in [-0.25, -0.2) is 4.79 Å². The van der Waals surface area contributed by atoms with Crippen molar-refractivity contribution < 1.29 is 9.90 Å². The van der Waals surface area contributed by atoms with Gasteiger partial charge >= 0.3 is 6.09 Å². The summed E-state index contributed by atoms with van der Waals surface area (Å²) in [4.78, 5) is 12.2. The Morgan fingerprint density at radius 3 is 1.67 bits per heavy atom. The summed E-state index contributed by atoms with van der Waals surface area (Å²) in [5, 5.41) is 8.80. The molecule has 3 heteroatoms. The predicted octanol–water partition coefficient (Wildman–Crippen LogP) is 2.28. The highest BCUT2D eigenvalue weighted by molar-refractivity contribution is 5.64. The number of carboxylic acid groups (broad SMARTS) is 1. The van der Waals surface area contributed by atoms with Crippen LogP contribution in [0.5, 0.6) is 0 Å². The van der Waals surface area contributed by atoms with Gasteiger partial charge in [-0.2, -0.15) is 0 Å². The first-order valence-electron chi connectivity index (χ1n) is 4.41. The van der Waals surface area contributed by atoms with Crippen LogP contribution in [0.3, 0.4) is 0 Å². The summed E-state index contributed by atoms with van der Waals surface area (Å²) in [6, 6.07) is 0. The second-order valence-electron chi connectivity index (χ2n) is 3.98. The molecule has 0 aromatic carbocycles. The molecule has 0 aromatic heterocycles. The third-order valence-electron chi connectivity index (χ3n) is 1.44. The Balaban J connectivity index is 3.96. The fraction of sp³-hybridized carbons (Fsp3) is 0.889. The number of carbonyl (C=O) groups is 1. The Hall–Kier alpha value is -0.730. The van der Waals surface area contributed by atoms with Crippen molar-refractivity contribution >= 4 is 6.09 Å². The molecule has 0 unspecified atom stereocenters. The third kappa shape index (κ3) is 4.99. The second kappa shape index (κ2) is 5.01. The quantitative estimate of drug-likeness (QED) is 0.708. The summed E-state index contributed by atoms with van der Waals surface area (Å²) in [5.41, 5.74) is 0. The molecule has 0 heterocycles. The van der Waals surface area contributed by atoms with Crippen molar-refractivity contribution in [3.05, 3.63) is 0 Å². The van der Waals surface area contributed by atoms with Crippen LogP contribution < -0.4 is 0 Å². The monoisotopic (exact) mass is 173 g/mol. The first-order valence-corrected chi connectivity index (χ1v) is 4.41. The highest BCUT2D eigenvalue weighted by Crippen LogP contribution is 2.03. The fourth-order valence-electron chi connectivity index (χ4n) is 1.11. The van der Waals surface area contributed by atoms with E-state index in [-0.39, 0.29) is 0 Å². The van der Waals surface area contributed by atoms with Crippen LogP contribution in [0.15, 0.2) is 0 Å². The summed E-state index contributed by atoms with van der Waals surface area (Å²) in [7, 11) is 0. The van der Waals surface area contributed by atoms with Gasteiger partial charge in [0, 0.05) is 13.1 Å². The van der Waals surface area contributed by atoms with Crippen molar-refractivity contribution in [3.63, 3.8) is 0 Å². The van der Waals surface area contributed by atoms with Gasteiger partial charge in [0.15, 0.2) is 0 Å². The first kappa shape index (κ1) is 11.3. The van der Waals surface area contributed by atoms with E-state index in [1.165, 1.54) is 4.90 Å². The number of hydrogen-bond donors (Lipinski definition) is 1. The predicted molar refractivity (Wildman–Crippen MR) is 49.3 cm³/mol. The summed E-state index contributed by atoms with van der Waals surface area (Å²) in [5.74, 6) is 0.805. The van der Waals surface area contributed by atoms with E-state index in [0.29, 0.717) is 24.9 Å². The molecule has 0 spiro atoms. The summed E-state index contributed by atoms with van der Waals surface area (Å²) >= 11 is 0. The SMILES string of the molecule is CC(C)CN(CC(C)C)C(=O)O. The van der Waals surface area contributed by atoms with Crippen LogP contribution in [0.1, 0.15) is 27.7 Å². The molecule has 1 amide bonds. The largest absolute Gasteiger partial charge is 0.465 e. The molecule has 0 aliphatic carbocycles. The molecule has 0 radical (unpaired) electrons. The van der Waals surface area contributed by atoms with E-state index in [4.69, 9.17) is 5.11 Å². The van der Waals surface area contributed by atoms with Crippen molar-refractivity contribution in [1.82, 2.24) is 4.90 Å². The minimum atomic E-state index is -0.808. The van der Waals surface area contributed by atoms with E-state index in [2.05, 4.69) is 0 Å². The first-order chi connectivity index (χ1) is 5.43. The minimum Gasteiger partial charge on any atom is -0.465 e. The maximum absolute atomic E-state index is 10.7. The van der Waals surface area contributed by atoms with Crippen molar-refractivity contribution in [2.75, 3.05) is 13.1 Å². The molecule has 0 saturated heterocycles. The zero-order valence-corrected chi connectivity index (χ0v) is 8.37. The molecule has 0 rings (SSSR count). The van der Waals surface area contributed by atoms with Crippen LogP contribution in [-0.2, 0) is 0 Å². The lowest BCUT2D eigenvalue weighted by Crippen LogP contribution is -2.35. The Kier molecular flexibility index (Phi) is 4.71. The number of hydrogen-bond acceptors (Lipinski definition) is 1. The molecular weight excluding hydrogens is 154 g/mol. The molecule has 12 heavy (non-hydrogen) atoms. The van der Waals surface area contributed by atoms with Gasteiger partial charge < -0.3 is 10.0 Å². The number of nitrogens with zero attached hydrogens (tertiary/aromatic N) is 1. The van der Waals surface area contributed by atoms with E-state index in [9.17, 15) is 4.79 Å². The smallest absolute Gasteiger partial charge is 0.407 e. The Bertz CT molecular complexity index is 133. The Morgan fingerprint density at radius 2 is 1.50 bits per heavy atom. The standard InChI is InChI=1S/C9H19NO2/c1-7(2)5-10(9(11)12)6-8(3)4/h7-8H,5-6H2,1-4H3,(H,11,12). The summed E-state index contributed by atoms with van der Waals surface area (Å²) in [6.45, 7) is 9.36. The van der Waals surface area contributed by atoms with Crippen molar-refractivity contribution in [1.29, 1.82) is 0 Å². The molecule has 0 aliphatic heterocycles. The van der Waals surface area contributed by atoms with E-state index in [1.807, 2.05) is 27.7 Å². The van der Waals surface area contributed by atoms with Crippen LogP contribution in [0, 0.1) is 11.8 Å². The van der Waals surface area contributed by atoms with Gasteiger partial charge in [0.25, 0.3) is 0 Å². The average Bonchev–Trinajstić information content (AvgIpc) is 1.83. The van der Waals surface area contributed by atoms with Crippen LogP contribution in [-0.4, -0.2) is 29.2 Å². The maximum atomic E-state index is 10.7. The zero-order valence-electron chi connectivity index (χ0n) is 8.37. The molecule has 3 nitrogen and oxygen atoms in total. The zero-order chi connectivity index (χ0) is 9.72. The molecule has 0 fully saturated rings. The van der Waals surface area contributed by atoms with Gasteiger partial charge in [-0.1, -0.05) is 27.7 Å². The normalized spacial score (nSPS) is 10.8. The molecule has 0 aromatic rings. The van der Waals surface area contributed by atoms with Crippen molar-refractivity contribution in [2.45, 2.75) is 27.7 Å². The van der Waals surface area contributed by atoms with Crippen LogP contribution in [0.2, 0.25) is 0 Å². The van der Waals surface area contributed by atoms with Gasteiger partial charge in [-0.15, -0.1) is 0 Å². The van der Waals surface area contributed by atoms with E-state index >= 15 is 0 Å². The van der Waals surface area contributed by atoms with Gasteiger partial charge in [-0.05, 0) is 11.8 Å². The summed E-state index contributed by atoms with van der Waals surface area (Å²) in [6.07, 6.45) is -0.808. The number of rotatable bonds is 4. The van der Waals surface area contributed by atoms with Crippen LogP contribution in [0.4, 0.5) is 4.79 Å². The van der Waals surface area contributed by atoms with E-state index in [1.54, 1.807) is 0 Å². The average molecular weight is 173 g/mol. The van der Waals surface area contributed by atoms with Gasteiger partial charge in [-0.3, -0.25) is 0 Å². The van der Waals surface area contributed by atoms with E-state index in [0.717, 1.165) is 0 Å². The maximum Gasteiger partial charge on any atom is 0.407 e. The lowest BCUT2D eigenvalue weighted by molar-refractivity contribution is 0.133. The second-order valence-corrected chi connectivity index (χ2v) is 3.98. The Labute approximate surface area is 74.4 Å². The molecule has 0 bridgehead atoms. The molecule has 0 saturated carbocycles. The van der Waals surface area contributed by atoms with Gasteiger partial charge in [0.05, 0.1) is 0 Å². The molecule has 0 atom stereocenters. The molecule has 72 valence electrons. The third-order valence-corrected chi connectivity index (χ3v) is 1.44. The highest BCUT2D eigenvalue weighted by atomic mass is 16.4. The van der Waals surface area contributed by atoms with Crippen LogP contribution >= 0.6 is 0 Å². The molecule has 0 aliphatic rings. The van der Waals surface area contributed by atoms with Gasteiger partial charge in [0.2, 0.25) is 0 Å². The van der Waals surface area contributed by atoms with Crippen LogP contribution in [0.25, 0.3) is 0 Å². The van der Waals surface area contributed by atoms with Crippen molar-refractivity contribution in [2.24, 2.45) is 11.8 Å².